The number of carboxylic acids is 1. The van der Waals surface area contributed by atoms with Gasteiger partial charge in [0.2, 0.25) is 0 Å². The number of anilines is 1. The van der Waals surface area contributed by atoms with Crippen LogP contribution in [0.5, 0.6) is 0 Å². The van der Waals surface area contributed by atoms with E-state index in [1.165, 1.54) is 35.6 Å². The average Bonchev–Trinajstić information content (AvgIpc) is 2.91. The second-order valence-electron chi connectivity index (χ2n) is 5.76. The number of nitro benzene ring substituents is 1. The number of hydrogen-bond acceptors (Lipinski definition) is 6. The Hall–Kier alpha value is -2.78. The molecular weight excluding hydrogens is 346 g/mol. The van der Waals surface area contributed by atoms with E-state index in [1.54, 1.807) is 0 Å². The molecule has 1 aromatic heterocycles. The number of carbonyl (C=O) groups excluding carboxylic acids is 1. The van der Waals surface area contributed by atoms with Crippen molar-refractivity contribution < 1.29 is 19.6 Å². The summed E-state index contributed by atoms with van der Waals surface area (Å²) in [4.78, 5) is 37.2. The van der Waals surface area contributed by atoms with Crippen LogP contribution in [0.4, 0.5) is 10.7 Å². The van der Waals surface area contributed by atoms with Crippen molar-refractivity contribution in [1.82, 2.24) is 4.90 Å². The number of fused-ring (bicyclic) bond motifs is 1. The van der Waals surface area contributed by atoms with Crippen molar-refractivity contribution in [2.45, 2.75) is 13.0 Å². The molecule has 2 aromatic rings. The fourth-order valence-corrected chi connectivity index (χ4v) is 4.07. The maximum Gasteiger partial charge on any atom is 0.339 e. The van der Waals surface area contributed by atoms with E-state index >= 15 is 0 Å². The molecule has 2 heterocycles. The Labute approximate surface area is 146 Å². The topological polar surface area (TPSA) is 113 Å². The first-order chi connectivity index (χ1) is 11.9. The number of nitrogens with one attached hydrogen (secondary N) is 1. The summed E-state index contributed by atoms with van der Waals surface area (Å²) in [6, 6.07) is 5.16. The summed E-state index contributed by atoms with van der Waals surface area (Å²) in [5, 5.41) is 23.1. The van der Waals surface area contributed by atoms with E-state index in [2.05, 4.69) is 10.2 Å². The second-order valence-corrected chi connectivity index (χ2v) is 6.86. The first kappa shape index (κ1) is 17.1. The van der Waals surface area contributed by atoms with Crippen LogP contribution in [-0.2, 0) is 13.0 Å². The van der Waals surface area contributed by atoms with E-state index in [1.807, 2.05) is 7.05 Å². The Morgan fingerprint density at radius 3 is 2.60 bits per heavy atom. The molecule has 8 nitrogen and oxygen atoms in total. The van der Waals surface area contributed by atoms with Crippen molar-refractivity contribution >= 4 is 33.9 Å². The molecule has 0 unspecified atom stereocenters. The number of likely N-dealkylation sites (N-methyl/N-ethyl adjacent to an activating group) is 1. The van der Waals surface area contributed by atoms with Crippen LogP contribution in [0.3, 0.4) is 0 Å². The molecule has 1 aliphatic rings. The van der Waals surface area contributed by atoms with Crippen molar-refractivity contribution in [2.75, 3.05) is 18.9 Å². The largest absolute Gasteiger partial charge is 0.478 e. The van der Waals surface area contributed by atoms with Crippen molar-refractivity contribution in [3.05, 3.63) is 55.9 Å². The Morgan fingerprint density at radius 2 is 2.00 bits per heavy atom. The summed E-state index contributed by atoms with van der Waals surface area (Å²) in [6.45, 7) is 1.41. The second kappa shape index (κ2) is 6.61. The van der Waals surface area contributed by atoms with E-state index in [9.17, 15) is 24.8 Å². The number of thiophene rings is 1. The van der Waals surface area contributed by atoms with Crippen molar-refractivity contribution in [2.24, 2.45) is 0 Å². The predicted octanol–water partition coefficient (Wildman–Crippen LogP) is 2.59. The van der Waals surface area contributed by atoms with E-state index in [-0.39, 0.29) is 16.8 Å². The van der Waals surface area contributed by atoms with Crippen molar-refractivity contribution in [1.29, 1.82) is 0 Å². The summed E-state index contributed by atoms with van der Waals surface area (Å²) in [6.07, 6.45) is 0.622. The normalized spacial score (nSPS) is 14.0. The highest BCUT2D eigenvalue weighted by atomic mass is 32.1. The summed E-state index contributed by atoms with van der Waals surface area (Å²) >= 11 is 1.26. The minimum Gasteiger partial charge on any atom is -0.478 e. The zero-order valence-electron chi connectivity index (χ0n) is 13.3. The summed E-state index contributed by atoms with van der Waals surface area (Å²) < 4.78 is 0. The number of aromatic carboxylic acids is 1. The summed E-state index contributed by atoms with van der Waals surface area (Å²) in [7, 11) is 1.96. The lowest BCUT2D eigenvalue weighted by Gasteiger charge is -2.22. The van der Waals surface area contributed by atoms with Crippen molar-refractivity contribution in [3.63, 3.8) is 0 Å². The number of rotatable bonds is 4. The van der Waals surface area contributed by atoms with E-state index in [0.29, 0.717) is 18.0 Å². The number of non-ortho nitro benzene ring substituents is 1. The minimum absolute atomic E-state index is 0.114. The van der Waals surface area contributed by atoms with Gasteiger partial charge in [0.05, 0.1) is 10.5 Å². The van der Waals surface area contributed by atoms with Gasteiger partial charge in [0.1, 0.15) is 5.00 Å². The molecule has 0 fully saturated rings. The van der Waals surface area contributed by atoms with Gasteiger partial charge >= 0.3 is 5.97 Å². The minimum atomic E-state index is -1.07. The highest BCUT2D eigenvalue weighted by Gasteiger charge is 2.27. The molecule has 0 spiro atoms. The molecule has 25 heavy (non-hydrogen) atoms. The van der Waals surface area contributed by atoms with Gasteiger partial charge in [0.25, 0.3) is 11.6 Å². The Bertz CT molecular complexity index is 859. The van der Waals surface area contributed by atoms with Gasteiger partial charge < -0.3 is 15.3 Å². The van der Waals surface area contributed by atoms with Crippen LogP contribution < -0.4 is 5.32 Å². The third-order valence-electron chi connectivity index (χ3n) is 4.03. The van der Waals surface area contributed by atoms with Crippen LogP contribution in [0.15, 0.2) is 24.3 Å². The Morgan fingerprint density at radius 1 is 1.32 bits per heavy atom. The molecule has 1 aromatic carbocycles. The number of hydrogen-bond donors (Lipinski definition) is 2. The fourth-order valence-electron chi connectivity index (χ4n) is 2.76. The fraction of sp³-hybridized carbons (Fsp3) is 0.250. The van der Waals surface area contributed by atoms with Gasteiger partial charge in [-0.2, -0.15) is 0 Å². The maximum absolute atomic E-state index is 12.4. The zero-order chi connectivity index (χ0) is 18.1. The van der Waals surface area contributed by atoms with Crippen LogP contribution in [0.25, 0.3) is 0 Å². The molecule has 3 rings (SSSR count). The number of carbonyl (C=O) groups is 2. The van der Waals surface area contributed by atoms with Gasteiger partial charge in [0.15, 0.2) is 0 Å². The SMILES string of the molecule is CN1CCc2c(sc(NC(=O)c3ccc([N+](=O)[O-])cc3)c2C(=O)O)C1. The molecular formula is C16H15N3O5S. The van der Waals surface area contributed by atoms with Crippen LogP contribution in [-0.4, -0.2) is 40.4 Å². The van der Waals surface area contributed by atoms with E-state index < -0.39 is 16.8 Å². The third-order valence-corrected chi connectivity index (χ3v) is 5.16. The molecule has 1 aliphatic heterocycles. The van der Waals surface area contributed by atoms with Crippen LogP contribution in [0, 0.1) is 10.1 Å². The standard InChI is InChI=1S/C16H15N3O5S/c1-18-7-6-11-12(8-18)25-15(13(11)16(21)22)17-14(20)9-2-4-10(5-3-9)19(23)24/h2-5H,6-8H2,1H3,(H,17,20)(H,21,22). The number of nitrogens with zero attached hydrogens (tertiary/aromatic N) is 2. The third kappa shape index (κ3) is 3.37. The summed E-state index contributed by atoms with van der Waals surface area (Å²) in [5.41, 5.74) is 1.03. The molecule has 0 bridgehead atoms. The number of carboxylic acid groups (broad SMARTS) is 1. The first-order valence-corrected chi connectivity index (χ1v) is 8.30. The number of amides is 1. The number of benzene rings is 1. The zero-order valence-corrected chi connectivity index (χ0v) is 14.1. The van der Waals surface area contributed by atoms with Gasteiger partial charge in [-0.25, -0.2) is 4.79 Å². The molecule has 0 aliphatic carbocycles. The lowest BCUT2D eigenvalue weighted by Crippen LogP contribution is -2.26. The van der Waals surface area contributed by atoms with Crippen molar-refractivity contribution in [3.8, 4) is 0 Å². The molecule has 130 valence electrons. The van der Waals surface area contributed by atoms with Crippen LogP contribution in [0.1, 0.15) is 31.2 Å². The molecule has 2 N–H and O–H groups in total. The molecule has 0 saturated carbocycles. The molecule has 1 amide bonds. The van der Waals surface area contributed by atoms with Crippen LogP contribution >= 0.6 is 11.3 Å². The van der Waals surface area contributed by atoms with Gasteiger partial charge in [-0.05, 0) is 31.2 Å². The van der Waals surface area contributed by atoms with Crippen LogP contribution in [0.2, 0.25) is 0 Å². The maximum atomic E-state index is 12.4. The van der Waals surface area contributed by atoms with Gasteiger partial charge in [0, 0.05) is 35.7 Å². The average molecular weight is 361 g/mol. The van der Waals surface area contributed by atoms with Gasteiger partial charge in [-0.1, -0.05) is 0 Å². The smallest absolute Gasteiger partial charge is 0.339 e. The van der Waals surface area contributed by atoms with E-state index in [0.717, 1.165) is 17.0 Å². The van der Waals surface area contributed by atoms with Gasteiger partial charge in [-0.15, -0.1) is 11.3 Å². The predicted molar refractivity (Wildman–Crippen MR) is 92.4 cm³/mol. The highest BCUT2D eigenvalue weighted by Crippen LogP contribution is 2.37. The Balaban J connectivity index is 1.88. The monoisotopic (exact) mass is 361 g/mol. The van der Waals surface area contributed by atoms with Gasteiger partial charge in [-0.3, -0.25) is 14.9 Å². The highest BCUT2D eigenvalue weighted by molar-refractivity contribution is 7.17. The lowest BCUT2D eigenvalue weighted by atomic mass is 10.0. The molecule has 9 heteroatoms. The van der Waals surface area contributed by atoms with E-state index in [4.69, 9.17) is 0 Å². The summed E-state index contributed by atoms with van der Waals surface area (Å²) in [5.74, 6) is -1.56. The molecule has 0 saturated heterocycles. The molecule has 0 atom stereocenters. The number of nitro groups is 1. The Kier molecular flexibility index (Phi) is 4.51. The quantitative estimate of drug-likeness (QED) is 0.639. The first-order valence-electron chi connectivity index (χ1n) is 7.49. The lowest BCUT2D eigenvalue weighted by molar-refractivity contribution is -0.384. The molecule has 0 radical (unpaired) electrons.